The van der Waals surface area contributed by atoms with Gasteiger partial charge in [-0.2, -0.15) is 13.2 Å². The molecule has 0 bridgehead atoms. The smallest absolute Gasteiger partial charge is 0.292 e. The number of nitrogens with zero attached hydrogens (tertiary/aromatic N) is 2. The summed E-state index contributed by atoms with van der Waals surface area (Å²) in [6.45, 7) is 1.81. The molecule has 0 amide bonds. The number of pyridine rings is 1. The number of carbonyl (C=O) groups excluding carboxylic acids is 1. The molecule has 0 atom stereocenters. The van der Waals surface area contributed by atoms with Crippen molar-refractivity contribution >= 4 is 17.1 Å². The van der Waals surface area contributed by atoms with E-state index in [1.807, 2.05) is 6.92 Å². The van der Waals surface area contributed by atoms with E-state index in [4.69, 9.17) is 0 Å². The van der Waals surface area contributed by atoms with Crippen LogP contribution in [0, 0.1) is 6.92 Å². The zero-order valence-corrected chi connectivity index (χ0v) is 10.7. The largest absolute Gasteiger partial charge is 0.417 e. The SMILES string of the molecule is Cc1nc(CC(=O)c2ccc(C(F)(F)F)cn2)cs1. The van der Waals surface area contributed by atoms with Crippen molar-refractivity contribution in [2.75, 3.05) is 0 Å². The van der Waals surface area contributed by atoms with Gasteiger partial charge in [0, 0.05) is 11.6 Å². The quantitative estimate of drug-likeness (QED) is 0.813. The molecule has 2 rings (SSSR count). The van der Waals surface area contributed by atoms with Gasteiger partial charge in [-0.1, -0.05) is 0 Å². The molecular weight excluding hydrogens is 277 g/mol. The van der Waals surface area contributed by atoms with Crippen molar-refractivity contribution in [2.24, 2.45) is 0 Å². The summed E-state index contributed by atoms with van der Waals surface area (Å²) in [7, 11) is 0. The molecule has 0 aliphatic carbocycles. The number of ketones is 1. The first-order valence-electron chi connectivity index (χ1n) is 5.34. The first-order chi connectivity index (χ1) is 8.86. The zero-order valence-electron chi connectivity index (χ0n) is 9.86. The van der Waals surface area contributed by atoms with E-state index in [0.29, 0.717) is 11.9 Å². The van der Waals surface area contributed by atoms with E-state index in [-0.39, 0.29) is 17.9 Å². The molecule has 0 spiro atoms. The van der Waals surface area contributed by atoms with Gasteiger partial charge in [0.25, 0.3) is 0 Å². The molecule has 2 heterocycles. The Morgan fingerprint density at radius 2 is 2.11 bits per heavy atom. The normalized spacial score (nSPS) is 11.6. The van der Waals surface area contributed by atoms with Gasteiger partial charge in [-0.25, -0.2) is 4.98 Å². The van der Waals surface area contributed by atoms with Crippen molar-refractivity contribution in [3.8, 4) is 0 Å². The van der Waals surface area contributed by atoms with Crippen LogP contribution in [0.3, 0.4) is 0 Å². The molecule has 0 aliphatic heterocycles. The van der Waals surface area contributed by atoms with Crippen molar-refractivity contribution in [2.45, 2.75) is 19.5 Å². The summed E-state index contributed by atoms with van der Waals surface area (Å²) in [5, 5.41) is 2.58. The Kier molecular flexibility index (Phi) is 3.66. The molecule has 7 heteroatoms. The van der Waals surface area contributed by atoms with Crippen LogP contribution in [0.4, 0.5) is 13.2 Å². The molecule has 100 valence electrons. The Bertz CT molecular complexity index is 590. The maximum atomic E-state index is 12.3. The summed E-state index contributed by atoms with van der Waals surface area (Å²) in [4.78, 5) is 19.5. The van der Waals surface area contributed by atoms with Gasteiger partial charge in [0.1, 0.15) is 5.69 Å². The highest BCUT2D eigenvalue weighted by Gasteiger charge is 2.30. The number of Topliss-reactive ketones (excluding diaryl/α,β-unsaturated/α-hetero) is 1. The number of thiazole rings is 1. The van der Waals surface area contributed by atoms with Gasteiger partial charge in [-0.3, -0.25) is 9.78 Å². The number of aromatic nitrogens is 2. The van der Waals surface area contributed by atoms with E-state index < -0.39 is 11.7 Å². The summed E-state index contributed by atoms with van der Waals surface area (Å²) < 4.78 is 37.0. The highest BCUT2D eigenvalue weighted by atomic mass is 32.1. The minimum Gasteiger partial charge on any atom is -0.292 e. The first kappa shape index (κ1) is 13.7. The van der Waals surface area contributed by atoms with Gasteiger partial charge >= 0.3 is 6.18 Å². The van der Waals surface area contributed by atoms with Crippen molar-refractivity contribution in [3.63, 3.8) is 0 Å². The van der Waals surface area contributed by atoms with Crippen molar-refractivity contribution < 1.29 is 18.0 Å². The maximum Gasteiger partial charge on any atom is 0.417 e. The Morgan fingerprint density at radius 3 is 2.58 bits per heavy atom. The van der Waals surface area contributed by atoms with E-state index in [1.165, 1.54) is 11.3 Å². The minimum atomic E-state index is -4.44. The third-order valence-electron chi connectivity index (χ3n) is 2.38. The van der Waals surface area contributed by atoms with Crippen molar-refractivity contribution in [1.82, 2.24) is 9.97 Å². The Morgan fingerprint density at radius 1 is 1.37 bits per heavy atom. The monoisotopic (exact) mass is 286 g/mol. The number of hydrogen-bond acceptors (Lipinski definition) is 4. The Labute approximate surface area is 111 Å². The third-order valence-corrected chi connectivity index (χ3v) is 3.21. The lowest BCUT2D eigenvalue weighted by molar-refractivity contribution is -0.137. The fourth-order valence-electron chi connectivity index (χ4n) is 1.47. The first-order valence-corrected chi connectivity index (χ1v) is 6.21. The number of alkyl halides is 3. The average molecular weight is 286 g/mol. The van der Waals surface area contributed by atoms with Gasteiger partial charge in [0.15, 0.2) is 5.78 Å². The Balaban J connectivity index is 2.12. The van der Waals surface area contributed by atoms with E-state index >= 15 is 0 Å². The number of hydrogen-bond donors (Lipinski definition) is 0. The zero-order chi connectivity index (χ0) is 14.0. The second-order valence-electron chi connectivity index (χ2n) is 3.89. The molecular formula is C12H9F3N2OS. The molecule has 0 N–H and O–H groups in total. The fraction of sp³-hybridized carbons (Fsp3) is 0.250. The summed E-state index contributed by atoms with van der Waals surface area (Å²) in [5.41, 5.74) is -0.249. The summed E-state index contributed by atoms with van der Waals surface area (Å²) >= 11 is 1.41. The number of aryl methyl sites for hydroxylation is 1. The molecule has 0 fully saturated rings. The predicted molar refractivity (Wildman–Crippen MR) is 64.1 cm³/mol. The van der Waals surface area contributed by atoms with Crippen molar-refractivity contribution in [1.29, 1.82) is 0 Å². The van der Waals surface area contributed by atoms with Gasteiger partial charge < -0.3 is 0 Å². The van der Waals surface area contributed by atoms with Crippen LogP contribution in [0.15, 0.2) is 23.7 Å². The van der Waals surface area contributed by atoms with Gasteiger partial charge in [-0.15, -0.1) is 11.3 Å². The molecule has 0 unspecified atom stereocenters. The highest BCUT2D eigenvalue weighted by molar-refractivity contribution is 7.09. The van der Waals surface area contributed by atoms with E-state index in [0.717, 1.165) is 17.1 Å². The minimum absolute atomic E-state index is 0.0126. The number of rotatable bonds is 3. The van der Waals surface area contributed by atoms with Crippen LogP contribution in [-0.2, 0) is 12.6 Å². The molecule has 2 aromatic rings. The molecule has 0 radical (unpaired) electrons. The van der Waals surface area contributed by atoms with Crippen LogP contribution in [-0.4, -0.2) is 15.8 Å². The summed E-state index contributed by atoms with van der Waals surface area (Å²) in [6, 6.07) is 1.94. The van der Waals surface area contributed by atoms with E-state index in [2.05, 4.69) is 9.97 Å². The second kappa shape index (κ2) is 5.08. The lowest BCUT2D eigenvalue weighted by atomic mass is 10.1. The van der Waals surface area contributed by atoms with Crippen LogP contribution in [0.25, 0.3) is 0 Å². The number of carbonyl (C=O) groups is 1. The lowest BCUT2D eigenvalue weighted by Gasteiger charge is -2.06. The predicted octanol–water partition coefficient (Wildman–Crippen LogP) is 3.29. The van der Waals surface area contributed by atoms with Crippen LogP contribution in [0.5, 0.6) is 0 Å². The molecule has 0 aromatic carbocycles. The van der Waals surface area contributed by atoms with Crippen LogP contribution in [0.1, 0.15) is 26.8 Å². The van der Waals surface area contributed by atoms with Gasteiger partial charge in [0.2, 0.25) is 0 Å². The van der Waals surface area contributed by atoms with E-state index in [1.54, 1.807) is 5.38 Å². The maximum absolute atomic E-state index is 12.3. The highest BCUT2D eigenvalue weighted by Crippen LogP contribution is 2.28. The topological polar surface area (TPSA) is 42.9 Å². The summed E-state index contributed by atoms with van der Waals surface area (Å²) in [6.07, 6.45) is -3.73. The summed E-state index contributed by atoms with van der Waals surface area (Å²) in [5.74, 6) is -0.348. The fourth-order valence-corrected chi connectivity index (χ4v) is 2.08. The third kappa shape index (κ3) is 3.37. The Hall–Kier alpha value is -1.76. The van der Waals surface area contributed by atoms with Crippen LogP contribution < -0.4 is 0 Å². The van der Waals surface area contributed by atoms with Gasteiger partial charge in [-0.05, 0) is 19.1 Å². The molecule has 19 heavy (non-hydrogen) atoms. The average Bonchev–Trinajstić information content (AvgIpc) is 2.74. The molecule has 2 aromatic heterocycles. The molecule has 0 saturated heterocycles. The molecule has 0 aliphatic rings. The van der Waals surface area contributed by atoms with Crippen LogP contribution in [0.2, 0.25) is 0 Å². The molecule has 0 saturated carbocycles. The standard InChI is InChI=1S/C12H9F3N2OS/c1-7-17-9(6-19-7)4-11(18)10-3-2-8(5-16-10)12(13,14)15/h2-3,5-6H,4H2,1H3. The molecule has 3 nitrogen and oxygen atoms in total. The van der Waals surface area contributed by atoms with E-state index in [9.17, 15) is 18.0 Å². The number of halogens is 3. The van der Waals surface area contributed by atoms with Crippen LogP contribution >= 0.6 is 11.3 Å². The second-order valence-corrected chi connectivity index (χ2v) is 4.95. The van der Waals surface area contributed by atoms with Crippen molar-refractivity contribution in [3.05, 3.63) is 45.7 Å². The lowest BCUT2D eigenvalue weighted by Crippen LogP contribution is -2.10. The van der Waals surface area contributed by atoms with Gasteiger partial charge in [0.05, 0.1) is 22.7 Å².